The monoisotopic (exact) mass is 369 g/mol. The van der Waals surface area contributed by atoms with E-state index < -0.39 is 0 Å². The summed E-state index contributed by atoms with van der Waals surface area (Å²) in [4.78, 5) is 31.5. The highest BCUT2D eigenvalue weighted by atomic mass is 16.5. The number of amides is 1. The van der Waals surface area contributed by atoms with Crippen LogP contribution in [0.3, 0.4) is 0 Å². The van der Waals surface area contributed by atoms with E-state index in [1.165, 1.54) is 0 Å². The zero-order valence-corrected chi connectivity index (χ0v) is 16.5. The maximum Gasteiger partial charge on any atom is 0.341 e. The fourth-order valence-electron chi connectivity index (χ4n) is 3.79. The van der Waals surface area contributed by atoms with Gasteiger partial charge in [0.25, 0.3) is 0 Å². The molecule has 0 spiro atoms. The van der Waals surface area contributed by atoms with E-state index in [0.29, 0.717) is 18.7 Å². The van der Waals surface area contributed by atoms with E-state index in [-0.39, 0.29) is 17.8 Å². The summed E-state index contributed by atoms with van der Waals surface area (Å²) in [7, 11) is 1.67. The molecule has 3 rings (SSSR count). The maximum atomic E-state index is 12.6. The van der Waals surface area contributed by atoms with Crippen molar-refractivity contribution in [2.24, 2.45) is 5.92 Å². The predicted octanol–water partition coefficient (Wildman–Crippen LogP) is 2.99. The summed E-state index contributed by atoms with van der Waals surface area (Å²) in [6.45, 7) is 7.58. The lowest BCUT2D eigenvalue weighted by Gasteiger charge is -2.35. The lowest BCUT2D eigenvalue weighted by atomic mass is 9.94. The van der Waals surface area contributed by atoms with Gasteiger partial charge in [0.2, 0.25) is 5.91 Å². The largest absolute Gasteiger partial charge is 0.462 e. The molecule has 1 N–H and O–H groups in total. The van der Waals surface area contributed by atoms with Crippen LogP contribution in [0.15, 0.2) is 18.3 Å². The van der Waals surface area contributed by atoms with Crippen molar-refractivity contribution in [3.05, 3.63) is 35.0 Å². The Labute approximate surface area is 159 Å². The number of carbonyl (C=O) groups excluding carboxylic acids is 2. The molecule has 2 aromatic rings. The molecule has 1 aromatic carbocycles. The highest BCUT2D eigenvalue weighted by molar-refractivity contribution is 6.06. The summed E-state index contributed by atoms with van der Waals surface area (Å²) < 4.78 is 5.27. The number of nitrogens with zero attached hydrogens (tertiary/aromatic N) is 2. The van der Waals surface area contributed by atoms with Crippen molar-refractivity contribution < 1.29 is 14.3 Å². The highest BCUT2D eigenvalue weighted by Gasteiger charge is 2.29. The van der Waals surface area contributed by atoms with E-state index in [1.807, 2.05) is 13.0 Å². The molecule has 27 heavy (non-hydrogen) atoms. The Morgan fingerprint density at radius 3 is 2.81 bits per heavy atom. The molecule has 1 saturated heterocycles. The molecule has 2 heterocycles. The number of rotatable bonds is 4. The van der Waals surface area contributed by atoms with Gasteiger partial charge < -0.3 is 15.0 Å². The van der Waals surface area contributed by atoms with Crippen molar-refractivity contribution in [3.63, 3.8) is 0 Å². The maximum absolute atomic E-state index is 12.6. The van der Waals surface area contributed by atoms with E-state index in [0.717, 1.165) is 47.1 Å². The van der Waals surface area contributed by atoms with Gasteiger partial charge in [-0.25, -0.2) is 4.79 Å². The van der Waals surface area contributed by atoms with Gasteiger partial charge in [-0.1, -0.05) is 12.1 Å². The number of pyridine rings is 1. The first-order valence-electron chi connectivity index (χ1n) is 9.50. The fourth-order valence-corrected chi connectivity index (χ4v) is 3.79. The average Bonchev–Trinajstić information content (AvgIpc) is 2.69. The molecule has 0 aliphatic carbocycles. The van der Waals surface area contributed by atoms with Gasteiger partial charge in [-0.15, -0.1) is 0 Å². The number of fused-ring (bicyclic) bond motifs is 1. The number of ether oxygens (including phenoxy) is 1. The SMILES string of the molecule is CCOC(=O)c1cnc2c(C)c(C)ccc2c1N1CCCC(C(=O)NC)C1. The third-order valence-electron chi connectivity index (χ3n) is 5.38. The van der Waals surface area contributed by atoms with Crippen molar-refractivity contribution in [2.45, 2.75) is 33.6 Å². The summed E-state index contributed by atoms with van der Waals surface area (Å²) in [5, 5.41) is 3.68. The number of anilines is 1. The second-order valence-electron chi connectivity index (χ2n) is 7.04. The molecule has 1 aliphatic heterocycles. The van der Waals surface area contributed by atoms with Crippen molar-refractivity contribution in [3.8, 4) is 0 Å². The Morgan fingerprint density at radius 2 is 2.11 bits per heavy atom. The molecule has 1 atom stereocenters. The van der Waals surface area contributed by atoms with Crippen LogP contribution in [0.25, 0.3) is 10.9 Å². The lowest BCUT2D eigenvalue weighted by molar-refractivity contribution is -0.124. The molecule has 6 nitrogen and oxygen atoms in total. The van der Waals surface area contributed by atoms with E-state index >= 15 is 0 Å². The van der Waals surface area contributed by atoms with Crippen LogP contribution in [0.5, 0.6) is 0 Å². The number of benzene rings is 1. The Morgan fingerprint density at radius 1 is 1.33 bits per heavy atom. The third-order valence-corrected chi connectivity index (χ3v) is 5.38. The molecule has 6 heteroatoms. The number of esters is 1. The van der Waals surface area contributed by atoms with Crippen LogP contribution in [0, 0.1) is 19.8 Å². The van der Waals surface area contributed by atoms with E-state index in [2.05, 4.69) is 28.2 Å². The van der Waals surface area contributed by atoms with Crippen LogP contribution in [0.4, 0.5) is 5.69 Å². The number of carbonyl (C=O) groups is 2. The van der Waals surface area contributed by atoms with Gasteiger partial charge in [-0.3, -0.25) is 9.78 Å². The van der Waals surface area contributed by atoms with E-state index in [1.54, 1.807) is 20.2 Å². The number of piperidine rings is 1. The molecule has 1 aromatic heterocycles. The third kappa shape index (κ3) is 3.61. The molecule has 1 aliphatic rings. The van der Waals surface area contributed by atoms with Gasteiger partial charge in [0.05, 0.1) is 23.7 Å². The molecule has 0 saturated carbocycles. The second kappa shape index (κ2) is 7.94. The first kappa shape index (κ1) is 19.1. The predicted molar refractivity (Wildman–Crippen MR) is 106 cm³/mol. The first-order chi connectivity index (χ1) is 13.0. The van der Waals surface area contributed by atoms with Crippen molar-refractivity contribution in [2.75, 3.05) is 31.6 Å². The van der Waals surface area contributed by atoms with Crippen LogP contribution < -0.4 is 10.2 Å². The van der Waals surface area contributed by atoms with Crippen LogP contribution in [0.1, 0.15) is 41.3 Å². The standard InChI is InChI=1S/C21H27N3O3/c1-5-27-21(26)17-11-23-18-14(3)13(2)8-9-16(18)19(17)24-10-6-7-15(12-24)20(25)22-4/h8-9,11,15H,5-7,10,12H2,1-4H3,(H,22,25). The van der Waals surface area contributed by atoms with Crippen molar-refractivity contribution in [1.29, 1.82) is 0 Å². The zero-order valence-electron chi connectivity index (χ0n) is 16.5. The number of hydrogen-bond acceptors (Lipinski definition) is 5. The van der Waals surface area contributed by atoms with Gasteiger partial charge >= 0.3 is 5.97 Å². The minimum Gasteiger partial charge on any atom is -0.462 e. The average molecular weight is 369 g/mol. The van der Waals surface area contributed by atoms with Crippen LogP contribution in [0.2, 0.25) is 0 Å². The van der Waals surface area contributed by atoms with Crippen molar-refractivity contribution in [1.82, 2.24) is 10.3 Å². The molecule has 1 fully saturated rings. The Hall–Kier alpha value is -2.63. The molecular weight excluding hydrogens is 342 g/mol. The summed E-state index contributed by atoms with van der Waals surface area (Å²) in [5.74, 6) is -0.418. The molecular formula is C21H27N3O3. The molecule has 0 bridgehead atoms. The fraction of sp³-hybridized carbons (Fsp3) is 0.476. The van der Waals surface area contributed by atoms with Gasteiger partial charge in [0.15, 0.2) is 0 Å². The smallest absolute Gasteiger partial charge is 0.341 e. The summed E-state index contributed by atoms with van der Waals surface area (Å²) in [6, 6.07) is 4.07. The highest BCUT2D eigenvalue weighted by Crippen LogP contribution is 2.35. The molecule has 1 amide bonds. The number of aromatic nitrogens is 1. The topological polar surface area (TPSA) is 71.5 Å². The normalized spacial score (nSPS) is 17.0. The van der Waals surface area contributed by atoms with Gasteiger partial charge in [0.1, 0.15) is 5.56 Å². The summed E-state index contributed by atoms with van der Waals surface area (Å²) in [5.41, 5.74) is 4.44. The van der Waals surface area contributed by atoms with Crippen LogP contribution in [-0.4, -0.2) is 43.6 Å². The molecule has 144 valence electrons. The summed E-state index contributed by atoms with van der Waals surface area (Å²) in [6.07, 6.45) is 3.37. The molecule has 1 unspecified atom stereocenters. The minimum atomic E-state index is -0.373. The van der Waals surface area contributed by atoms with Gasteiger partial charge in [0, 0.05) is 31.7 Å². The van der Waals surface area contributed by atoms with Gasteiger partial charge in [-0.2, -0.15) is 0 Å². The van der Waals surface area contributed by atoms with E-state index in [4.69, 9.17) is 4.74 Å². The lowest BCUT2D eigenvalue weighted by Crippen LogP contribution is -2.42. The first-order valence-corrected chi connectivity index (χ1v) is 9.50. The number of aryl methyl sites for hydroxylation is 2. The van der Waals surface area contributed by atoms with Crippen LogP contribution >= 0.6 is 0 Å². The Balaban J connectivity index is 2.15. The van der Waals surface area contributed by atoms with Crippen LogP contribution in [-0.2, 0) is 9.53 Å². The number of nitrogens with one attached hydrogen (secondary N) is 1. The van der Waals surface area contributed by atoms with E-state index in [9.17, 15) is 9.59 Å². The summed E-state index contributed by atoms with van der Waals surface area (Å²) >= 11 is 0. The Kier molecular flexibility index (Phi) is 5.63. The van der Waals surface area contributed by atoms with Gasteiger partial charge in [-0.05, 0) is 44.7 Å². The van der Waals surface area contributed by atoms with Crippen molar-refractivity contribution >= 4 is 28.5 Å². The Bertz CT molecular complexity index is 879. The minimum absolute atomic E-state index is 0.0442. The quantitative estimate of drug-likeness (QED) is 0.839. The molecule has 0 radical (unpaired) electrons. The second-order valence-corrected chi connectivity index (χ2v) is 7.04. The number of hydrogen-bond donors (Lipinski definition) is 1. The zero-order chi connectivity index (χ0) is 19.6.